The second kappa shape index (κ2) is 8.50. The van der Waals surface area contributed by atoms with Gasteiger partial charge in [0.1, 0.15) is 0 Å². The third-order valence-electron chi connectivity index (χ3n) is 5.68. The lowest BCUT2D eigenvalue weighted by atomic mass is 9.76. The molecule has 2 saturated carbocycles. The molecule has 0 aliphatic heterocycles. The lowest BCUT2D eigenvalue weighted by molar-refractivity contribution is 0.215. The van der Waals surface area contributed by atoms with Gasteiger partial charge in [-0.2, -0.15) is 0 Å². The van der Waals surface area contributed by atoms with Crippen LogP contribution in [-0.2, 0) is 0 Å². The van der Waals surface area contributed by atoms with E-state index >= 15 is 0 Å². The summed E-state index contributed by atoms with van der Waals surface area (Å²) in [5.74, 6) is 1.98. The first-order valence-electron chi connectivity index (χ1n) is 9.74. The third kappa shape index (κ3) is 5.58. The van der Waals surface area contributed by atoms with Crippen molar-refractivity contribution in [1.82, 2.24) is 15.3 Å². The summed E-state index contributed by atoms with van der Waals surface area (Å²) in [5.41, 5.74) is 0.327. The second-order valence-corrected chi connectivity index (χ2v) is 7.79. The van der Waals surface area contributed by atoms with Crippen molar-refractivity contribution in [2.24, 2.45) is 11.8 Å². The van der Waals surface area contributed by atoms with E-state index in [1.165, 1.54) is 57.4 Å². The molecular formula is C19H30N4O2. The minimum atomic E-state index is -0.288. The van der Waals surface area contributed by atoms with E-state index in [0.29, 0.717) is 5.69 Å². The van der Waals surface area contributed by atoms with Crippen LogP contribution in [0.3, 0.4) is 0 Å². The summed E-state index contributed by atoms with van der Waals surface area (Å²) in [5, 5.41) is 5.65. The van der Waals surface area contributed by atoms with Crippen molar-refractivity contribution in [2.75, 3.05) is 5.32 Å². The van der Waals surface area contributed by atoms with Gasteiger partial charge in [-0.1, -0.05) is 32.1 Å². The maximum atomic E-state index is 12.1. The normalized spacial score (nSPS) is 24.7. The lowest BCUT2D eigenvalue weighted by Crippen LogP contribution is -2.40. The van der Waals surface area contributed by atoms with Crippen LogP contribution in [0.4, 0.5) is 10.7 Å². The summed E-state index contributed by atoms with van der Waals surface area (Å²) < 4.78 is 0. The monoisotopic (exact) mass is 346 g/mol. The summed E-state index contributed by atoms with van der Waals surface area (Å²) in [4.78, 5) is 30.2. The molecule has 0 spiro atoms. The maximum Gasteiger partial charge on any atom is 0.321 e. The highest BCUT2D eigenvalue weighted by Gasteiger charge is 2.25. The highest BCUT2D eigenvalue weighted by Crippen LogP contribution is 2.35. The number of anilines is 1. The van der Waals surface area contributed by atoms with Crippen LogP contribution in [-0.4, -0.2) is 22.0 Å². The van der Waals surface area contributed by atoms with Crippen LogP contribution in [0.25, 0.3) is 0 Å². The Hall–Kier alpha value is -1.85. The van der Waals surface area contributed by atoms with Crippen molar-refractivity contribution in [2.45, 2.75) is 77.2 Å². The van der Waals surface area contributed by atoms with Crippen molar-refractivity contribution < 1.29 is 4.79 Å². The number of carbonyl (C=O) groups is 1. The molecule has 138 valence electrons. The quantitative estimate of drug-likeness (QED) is 0.776. The summed E-state index contributed by atoms with van der Waals surface area (Å²) in [7, 11) is 0. The maximum absolute atomic E-state index is 12.1. The highest BCUT2D eigenvalue weighted by molar-refractivity contribution is 5.87. The van der Waals surface area contributed by atoms with Gasteiger partial charge in [-0.25, -0.2) is 9.78 Å². The molecule has 6 heteroatoms. The molecule has 2 aliphatic carbocycles. The SMILES string of the molecule is Cc1cc(=O)[nH]c(NC(=O)NC2CCC(CC3CCCCC3)CC2)n1. The number of aromatic amines is 1. The zero-order valence-corrected chi connectivity index (χ0v) is 15.1. The summed E-state index contributed by atoms with van der Waals surface area (Å²) >= 11 is 0. The van der Waals surface area contributed by atoms with Crippen molar-refractivity contribution in [3.8, 4) is 0 Å². The average Bonchev–Trinajstić information content (AvgIpc) is 2.56. The fourth-order valence-electron chi connectivity index (χ4n) is 4.40. The van der Waals surface area contributed by atoms with Crippen LogP contribution < -0.4 is 16.2 Å². The first kappa shape index (κ1) is 18.0. The molecule has 0 bridgehead atoms. The number of hydrogen-bond acceptors (Lipinski definition) is 3. The Kier molecular flexibility index (Phi) is 6.10. The van der Waals surface area contributed by atoms with Gasteiger partial charge in [-0.15, -0.1) is 0 Å². The third-order valence-corrected chi connectivity index (χ3v) is 5.68. The Balaban J connectivity index is 1.40. The Bertz CT molecular complexity index is 629. The highest BCUT2D eigenvalue weighted by atomic mass is 16.2. The molecule has 0 saturated heterocycles. The molecule has 3 N–H and O–H groups in total. The largest absolute Gasteiger partial charge is 0.335 e. The van der Waals surface area contributed by atoms with E-state index < -0.39 is 0 Å². The van der Waals surface area contributed by atoms with Gasteiger partial charge in [0, 0.05) is 17.8 Å². The van der Waals surface area contributed by atoms with E-state index in [4.69, 9.17) is 0 Å². The van der Waals surface area contributed by atoms with Crippen LogP contribution in [0.2, 0.25) is 0 Å². The molecule has 2 amide bonds. The molecule has 1 aromatic heterocycles. The van der Waals surface area contributed by atoms with Gasteiger partial charge in [-0.3, -0.25) is 15.1 Å². The molecule has 1 heterocycles. The predicted molar refractivity (Wildman–Crippen MR) is 98.7 cm³/mol. The van der Waals surface area contributed by atoms with E-state index in [0.717, 1.165) is 24.7 Å². The van der Waals surface area contributed by atoms with Crippen molar-refractivity contribution in [3.05, 3.63) is 22.1 Å². The summed E-state index contributed by atoms with van der Waals surface area (Å²) in [6.07, 6.45) is 13.0. The number of aromatic nitrogens is 2. The minimum absolute atomic E-state index is 0.202. The van der Waals surface area contributed by atoms with Gasteiger partial charge < -0.3 is 5.32 Å². The Morgan fingerprint density at radius 1 is 1.12 bits per heavy atom. The van der Waals surface area contributed by atoms with Crippen LogP contribution >= 0.6 is 0 Å². The Morgan fingerprint density at radius 2 is 1.80 bits per heavy atom. The van der Waals surface area contributed by atoms with E-state index in [1.807, 2.05) is 0 Å². The van der Waals surface area contributed by atoms with E-state index in [9.17, 15) is 9.59 Å². The average molecular weight is 346 g/mol. The van der Waals surface area contributed by atoms with Crippen molar-refractivity contribution in [3.63, 3.8) is 0 Å². The first-order chi connectivity index (χ1) is 12.1. The molecule has 2 aliphatic rings. The van der Waals surface area contributed by atoms with E-state index in [1.54, 1.807) is 6.92 Å². The number of nitrogens with zero attached hydrogens (tertiary/aromatic N) is 1. The summed E-state index contributed by atoms with van der Waals surface area (Å²) in [6.45, 7) is 1.73. The minimum Gasteiger partial charge on any atom is -0.335 e. The van der Waals surface area contributed by atoms with Crippen LogP contribution in [0, 0.1) is 18.8 Å². The van der Waals surface area contributed by atoms with Gasteiger partial charge in [-0.05, 0) is 50.9 Å². The van der Waals surface area contributed by atoms with E-state index in [-0.39, 0.29) is 23.6 Å². The lowest BCUT2D eigenvalue weighted by Gasteiger charge is -2.32. The molecule has 1 aromatic rings. The number of rotatable bonds is 4. The zero-order valence-electron chi connectivity index (χ0n) is 15.1. The molecule has 25 heavy (non-hydrogen) atoms. The van der Waals surface area contributed by atoms with Crippen LogP contribution in [0.15, 0.2) is 10.9 Å². The Labute approximate surface area is 149 Å². The molecule has 2 fully saturated rings. The second-order valence-electron chi connectivity index (χ2n) is 7.79. The Morgan fingerprint density at radius 3 is 2.48 bits per heavy atom. The first-order valence-corrected chi connectivity index (χ1v) is 9.74. The van der Waals surface area contributed by atoms with Crippen LogP contribution in [0.5, 0.6) is 0 Å². The van der Waals surface area contributed by atoms with Crippen LogP contribution in [0.1, 0.15) is 69.9 Å². The van der Waals surface area contributed by atoms with E-state index in [2.05, 4.69) is 20.6 Å². The van der Waals surface area contributed by atoms with Gasteiger partial charge >= 0.3 is 6.03 Å². The van der Waals surface area contributed by atoms with Gasteiger partial charge in [0.2, 0.25) is 5.95 Å². The molecule has 0 radical (unpaired) electrons. The number of urea groups is 1. The molecule has 6 nitrogen and oxygen atoms in total. The molecular weight excluding hydrogens is 316 g/mol. The van der Waals surface area contributed by atoms with Gasteiger partial charge in [0.15, 0.2) is 0 Å². The van der Waals surface area contributed by atoms with Gasteiger partial charge in [0.25, 0.3) is 5.56 Å². The molecule has 0 atom stereocenters. The van der Waals surface area contributed by atoms with Crippen molar-refractivity contribution >= 4 is 12.0 Å². The molecule has 0 aromatic carbocycles. The number of carbonyl (C=O) groups excluding carboxylic acids is 1. The van der Waals surface area contributed by atoms with Gasteiger partial charge in [0.05, 0.1) is 0 Å². The number of nitrogens with one attached hydrogen (secondary N) is 3. The number of hydrogen-bond donors (Lipinski definition) is 3. The predicted octanol–water partition coefficient (Wildman–Crippen LogP) is 3.73. The zero-order chi connectivity index (χ0) is 17.6. The molecule has 3 rings (SSSR count). The fourth-order valence-corrected chi connectivity index (χ4v) is 4.40. The molecule has 0 unspecified atom stereocenters. The summed E-state index contributed by atoms with van der Waals surface area (Å²) in [6, 6.07) is 1.33. The smallest absolute Gasteiger partial charge is 0.321 e. The standard InChI is InChI=1S/C19H30N4O2/c1-13-11-17(24)22-18(20-13)23-19(25)21-16-9-7-15(8-10-16)12-14-5-3-2-4-6-14/h11,14-16H,2-10,12H2,1H3,(H3,20,21,22,23,24,25). The number of H-pyrrole nitrogens is 1. The topological polar surface area (TPSA) is 86.9 Å². The fraction of sp³-hybridized carbons (Fsp3) is 0.737. The number of amides is 2. The van der Waals surface area contributed by atoms with Crippen molar-refractivity contribution in [1.29, 1.82) is 0 Å². The number of aryl methyl sites for hydroxylation is 1.